The van der Waals surface area contributed by atoms with Crippen LogP contribution in [0.25, 0.3) is 0 Å². The lowest BCUT2D eigenvalue weighted by atomic mass is 9.88. The average molecular weight is 287 g/mol. The summed E-state index contributed by atoms with van der Waals surface area (Å²) in [6, 6.07) is 18.9. The van der Waals surface area contributed by atoms with Gasteiger partial charge in [0.1, 0.15) is 0 Å². The van der Waals surface area contributed by atoms with Crippen LogP contribution in [0.2, 0.25) is 5.02 Å². The molecule has 104 valence electrons. The molecule has 2 N–H and O–H groups in total. The van der Waals surface area contributed by atoms with Crippen molar-refractivity contribution in [1.82, 2.24) is 0 Å². The minimum absolute atomic E-state index is 0.213. The van der Waals surface area contributed by atoms with E-state index in [1.807, 2.05) is 18.2 Å². The molecule has 0 saturated carbocycles. The first-order valence-electron chi connectivity index (χ1n) is 7.03. The molecule has 1 heterocycles. The van der Waals surface area contributed by atoms with Crippen molar-refractivity contribution < 1.29 is 0 Å². The Hall–Kier alpha value is -1.51. The van der Waals surface area contributed by atoms with Crippen molar-refractivity contribution in [2.75, 3.05) is 18.0 Å². The Labute approximate surface area is 125 Å². The van der Waals surface area contributed by atoms with Crippen molar-refractivity contribution in [2.24, 2.45) is 5.73 Å². The summed E-state index contributed by atoms with van der Waals surface area (Å²) in [6.45, 7) is 1.94. The van der Waals surface area contributed by atoms with Crippen LogP contribution in [0.15, 0.2) is 54.6 Å². The van der Waals surface area contributed by atoms with Gasteiger partial charge >= 0.3 is 0 Å². The topological polar surface area (TPSA) is 29.3 Å². The lowest BCUT2D eigenvalue weighted by Gasteiger charge is -2.38. The molecule has 0 spiro atoms. The molecular weight excluding hydrogens is 268 g/mol. The fourth-order valence-electron chi connectivity index (χ4n) is 2.96. The molecule has 3 heteroatoms. The Bertz CT molecular complexity index is 553. The second kappa shape index (κ2) is 5.86. The summed E-state index contributed by atoms with van der Waals surface area (Å²) >= 11 is 5.97. The highest BCUT2D eigenvalue weighted by Gasteiger charge is 2.26. The fraction of sp³-hybridized carbons (Fsp3) is 0.294. The largest absolute Gasteiger partial charge is 0.369 e. The molecule has 1 saturated heterocycles. The number of halogens is 1. The molecule has 2 unspecified atom stereocenters. The minimum Gasteiger partial charge on any atom is -0.369 e. The number of benzene rings is 2. The summed E-state index contributed by atoms with van der Waals surface area (Å²) in [4.78, 5) is 2.38. The molecule has 2 aromatic carbocycles. The van der Waals surface area contributed by atoms with E-state index >= 15 is 0 Å². The van der Waals surface area contributed by atoms with E-state index < -0.39 is 0 Å². The Morgan fingerprint density at radius 3 is 2.35 bits per heavy atom. The Morgan fingerprint density at radius 2 is 1.65 bits per heavy atom. The maximum Gasteiger partial charge on any atom is 0.0406 e. The van der Waals surface area contributed by atoms with Gasteiger partial charge in [-0.1, -0.05) is 41.9 Å². The van der Waals surface area contributed by atoms with E-state index in [1.54, 1.807) is 0 Å². The number of anilines is 1. The minimum atomic E-state index is 0.213. The van der Waals surface area contributed by atoms with Gasteiger partial charge in [-0.2, -0.15) is 0 Å². The summed E-state index contributed by atoms with van der Waals surface area (Å²) in [5, 5.41) is 0.786. The first kappa shape index (κ1) is 13.5. The molecule has 3 rings (SSSR count). The van der Waals surface area contributed by atoms with Crippen molar-refractivity contribution in [2.45, 2.75) is 18.4 Å². The van der Waals surface area contributed by atoms with Gasteiger partial charge in [-0.3, -0.25) is 0 Å². The summed E-state index contributed by atoms with van der Waals surface area (Å²) < 4.78 is 0. The summed E-state index contributed by atoms with van der Waals surface area (Å²) in [7, 11) is 0. The van der Waals surface area contributed by atoms with Gasteiger partial charge in [-0.25, -0.2) is 0 Å². The predicted octanol–water partition coefficient (Wildman–Crippen LogP) is 3.66. The summed E-state index contributed by atoms with van der Waals surface area (Å²) in [5.41, 5.74) is 8.83. The van der Waals surface area contributed by atoms with Crippen LogP contribution in [0.1, 0.15) is 17.9 Å². The molecule has 20 heavy (non-hydrogen) atoms. The Balaban J connectivity index is 1.81. The quantitative estimate of drug-likeness (QED) is 0.913. The Morgan fingerprint density at radius 1 is 0.950 bits per heavy atom. The van der Waals surface area contributed by atoms with Gasteiger partial charge in [-0.15, -0.1) is 0 Å². The first-order valence-corrected chi connectivity index (χ1v) is 7.41. The van der Waals surface area contributed by atoms with Crippen LogP contribution in [-0.2, 0) is 0 Å². The van der Waals surface area contributed by atoms with Gasteiger partial charge in [0, 0.05) is 35.8 Å². The van der Waals surface area contributed by atoms with Crippen molar-refractivity contribution in [3.05, 3.63) is 65.2 Å². The van der Waals surface area contributed by atoms with E-state index in [0.717, 1.165) is 24.5 Å². The number of hydrogen-bond donors (Lipinski definition) is 1. The Kier molecular flexibility index (Phi) is 3.95. The zero-order valence-electron chi connectivity index (χ0n) is 11.4. The predicted molar refractivity (Wildman–Crippen MR) is 85.4 cm³/mol. The SMILES string of the molecule is NC1CC(c2ccc(Cl)cc2)CN(c2ccccc2)C1. The second-order valence-corrected chi connectivity index (χ2v) is 5.92. The maximum atomic E-state index is 6.25. The van der Waals surface area contributed by atoms with Crippen molar-refractivity contribution >= 4 is 17.3 Å². The zero-order valence-corrected chi connectivity index (χ0v) is 12.1. The van der Waals surface area contributed by atoms with Gasteiger partial charge in [0.25, 0.3) is 0 Å². The molecule has 1 aliphatic rings. The van der Waals surface area contributed by atoms with E-state index in [4.69, 9.17) is 17.3 Å². The molecule has 0 aliphatic carbocycles. The van der Waals surface area contributed by atoms with Crippen LogP contribution < -0.4 is 10.6 Å². The number of nitrogens with two attached hydrogens (primary N) is 1. The van der Waals surface area contributed by atoms with Gasteiger partial charge < -0.3 is 10.6 Å². The van der Waals surface area contributed by atoms with Crippen LogP contribution in [-0.4, -0.2) is 19.1 Å². The van der Waals surface area contributed by atoms with Crippen molar-refractivity contribution in [3.8, 4) is 0 Å². The van der Waals surface area contributed by atoms with E-state index in [9.17, 15) is 0 Å². The van der Waals surface area contributed by atoms with E-state index in [2.05, 4.69) is 41.3 Å². The monoisotopic (exact) mass is 286 g/mol. The molecule has 2 nitrogen and oxygen atoms in total. The number of piperidine rings is 1. The molecule has 0 aromatic heterocycles. The van der Waals surface area contributed by atoms with Gasteiger partial charge in [0.2, 0.25) is 0 Å². The van der Waals surface area contributed by atoms with Crippen LogP contribution in [0, 0.1) is 0 Å². The lowest BCUT2D eigenvalue weighted by molar-refractivity contribution is 0.454. The van der Waals surface area contributed by atoms with Crippen molar-refractivity contribution in [1.29, 1.82) is 0 Å². The van der Waals surface area contributed by atoms with E-state index in [1.165, 1.54) is 11.3 Å². The van der Waals surface area contributed by atoms with Crippen LogP contribution in [0.4, 0.5) is 5.69 Å². The number of para-hydroxylation sites is 1. The summed E-state index contributed by atoms with van der Waals surface area (Å²) in [6.07, 6.45) is 1.03. The molecule has 0 radical (unpaired) electrons. The van der Waals surface area contributed by atoms with E-state index in [0.29, 0.717) is 5.92 Å². The molecule has 0 amide bonds. The molecule has 0 bridgehead atoms. The first-order chi connectivity index (χ1) is 9.72. The summed E-state index contributed by atoms with van der Waals surface area (Å²) in [5.74, 6) is 0.469. The third-order valence-corrected chi connectivity index (χ3v) is 4.20. The number of nitrogens with zero attached hydrogens (tertiary/aromatic N) is 1. The highest BCUT2D eigenvalue weighted by molar-refractivity contribution is 6.30. The number of rotatable bonds is 2. The van der Waals surface area contributed by atoms with Crippen LogP contribution >= 0.6 is 11.6 Å². The number of hydrogen-bond acceptors (Lipinski definition) is 2. The maximum absolute atomic E-state index is 6.25. The molecule has 2 aromatic rings. The smallest absolute Gasteiger partial charge is 0.0406 e. The van der Waals surface area contributed by atoms with Crippen LogP contribution in [0.3, 0.4) is 0 Å². The molecular formula is C17H19ClN2. The third kappa shape index (κ3) is 2.97. The molecule has 1 aliphatic heterocycles. The third-order valence-electron chi connectivity index (χ3n) is 3.95. The second-order valence-electron chi connectivity index (χ2n) is 5.48. The standard InChI is InChI=1S/C17H19ClN2/c18-15-8-6-13(7-9-15)14-10-16(19)12-20(11-14)17-4-2-1-3-5-17/h1-9,14,16H,10-12,19H2. The van der Waals surface area contributed by atoms with Crippen molar-refractivity contribution in [3.63, 3.8) is 0 Å². The van der Waals surface area contributed by atoms with Gasteiger partial charge in [0.15, 0.2) is 0 Å². The average Bonchev–Trinajstić information content (AvgIpc) is 2.48. The zero-order chi connectivity index (χ0) is 13.9. The van der Waals surface area contributed by atoms with Gasteiger partial charge in [0.05, 0.1) is 0 Å². The highest BCUT2D eigenvalue weighted by Crippen LogP contribution is 2.30. The van der Waals surface area contributed by atoms with Gasteiger partial charge in [-0.05, 0) is 36.2 Å². The van der Waals surface area contributed by atoms with E-state index in [-0.39, 0.29) is 6.04 Å². The fourth-order valence-corrected chi connectivity index (χ4v) is 3.09. The van der Waals surface area contributed by atoms with Crippen LogP contribution in [0.5, 0.6) is 0 Å². The highest BCUT2D eigenvalue weighted by atomic mass is 35.5. The molecule has 2 atom stereocenters. The molecule has 1 fully saturated rings. The lowest BCUT2D eigenvalue weighted by Crippen LogP contribution is -2.46. The normalized spacial score (nSPS) is 22.8.